The molecule has 1 aromatic heterocycles. The lowest BCUT2D eigenvalue weighted by atomic mass is 10.0. The van der Waals surface area contributed by atoms with Crippen LogP contribution in [0.3, 0.4) is 0 Å². The van der Waals surface area contributed by atoms with Crippen LogP contribution >= 0.6 is 11.3 Å². The van der Waals surface area contributed by atoms with Gasteiger partial charge in [-0.2, -0.15) is 0 Å². The number of ether oxygens (including phenoxy) is 1. The number of rotatable bonds is 8. The third-order valence-electron chi connectivity index (χ3n) is 4.37. The molecule has 0 aliphatic rings. The summed E-state index contributed by atoms with van der Waals surface area (Å²) in [5.74, 6) is 0.733. The molecule has 0 fully saturated rings. The number of carbonyl (C=O) groups is 1. The summed E-state index contributed by atoms with van der Waals surface area (Å²) in [5.41, 5.74) is 3.33. The number of benzene rings is 2. The van der Waals surface area contributed by atoms with Gasteiger partial charge in [0.15, 0.2) is 0 Å². The van der Waals surface area contributed by atoms with Crippen LogP contribution in [0.2, 0.25) is 0 Å². The van der Waals surface area contributed by atoms with E-state index in [1.165, 1.54) is 10.4 Å². The first-order chi connectivity index (χ1) is 13.2. The molecule has 27 heavy (non-hydrogen) atoms. The normalized spacial score (nSPS) is 11.8. The Balaban J connectivity index is 1.61. The highest BCUT2D eigenvalue weighted by molar-refractivity contribution is 7.10. The van der Waals surface area contributed by atoms with Crippen LogP contribution in [0, 0.1) is 6.92 Å². The van der Waals surface area contributed by atoms with E-state index in [4.69, 9.17) is 4.74 Å². The van der Waals surface area contributed by atoms with E-state index in [0.717, 1.165) is 16.9 Å². The lowest BCUT2D eigenvalue weighted by molar-refractivity contribution is -0.120. The van der Waals surface area contributed by atoms with Gasteiger partial charge in [0.25, 0.3) is 0 Å². The zero-order valence-corrected chi connectivity index (χ0v) is 16.4. The SMILES string of the molecule is COc1ccccc1CNC(=O)CN[C@@H](c1ccc(C)cc1)c1cccs1. The molecule has 1 amide bonds. The Hall–Kier alpha value is -2.63. The molecule has 1 atom stereocenters. The number of methoxy groups -OCH3 is 1. The molecular formula is C22H24N2O2S. The molecule has 0 spiro atoms. The number of thiophene rings is 1. The van der Waals surface area contributed by atoms with Gasteiger partial charge in [0.2, 0.25) is 5.91 Å². The van der Waals surface area contributed by atoms with E-state index >= 15 is 0 Å². The van der Waals surface area contributed by atoms with Gasteiger partial charge in [-0.3, -0.25) is 10.1 Å². The van der Waals surface area contributed by atoms with Crippen molar-refractivity contribution in [1.82, 2.24) is 10.6 Å². The van der Waals surface area contributed by atoms with Gasteiger partial charge in [-0.05, 0) is 30.0 Å². The maximum absolute atomic E-state index is 12.4. The summed E-state index contributed by atoms with van der Waals surface area (Å²) in [5, 5.41) is 8.40. The molecule has 0 unspecified atom stereocenters. The second-order valence-corrected chi connectivity index (χ2v) is 7.31. The summed E-state index contributed by atoms with van der Waals surface area (Å²) in [7, 11) is 1.63. The fraction of sp³-hybridized carbons (Fsp3) is 0.227. The third kappa shape index (κ3) is 5.18. The maximum atomic E-state index is 12.4. The number of amides is 1. The summed E-state index contributed by atoms with van der Waals surface area (Å²) in [6.45, 7) is 2.76. The van der Waals surface area contributed by atoms with Gasteiger partial charge in [0, 0.05) is 17.0 Å². The first-order valence-corrected chi connectivity index (χ1v) is 9.77. The van der Waals surface area contributed by atoms with E-state index in [9.17, 15) is 4.79 Å². The van der Waals surface area contributed by atoms with Crippen molar-refractivity contribution in [2.75, 3.05) is 13.7 Å². The third-order valence-corrected chi connectivity index (χ3v) is 5.31. The predicted molar refractivity (Wildman–Crippen MR) is 110 cm³/mol. The van der Waals surface area contributed by atoms with Crippen LogP contribution < -0.4 is 15.4 Å². The Morgan fingerprint density at radius 2 is 1.85 bits per heavy atom. The van der Waals surface area contributed by atoms with E-state index < -0.39 is 0 Å². The van der Waals surface area contributed by atoms with Crippen LogP contribution in [-0.2, 0) is 11.3 Å². The summed E-state index contributed by atoms with van der Waals surface area (Å²) in [6.07, 6.45) is 0. The highest BCUT2D eigenvalue weighted by Gasteiger charge is 2.16. The van der Waals surface area contributed by atoms with Crippen LogP contribution in [0.1, 0.15) is 27.6 Å². The molecule has 0 saturated heterocycles. The van der Waals surface area contributed by atoms with Crippen molar-refractivity contribution in [2.24, 2.45) is 0 Å². The molecule has 0 saturated carbocycles. The first kappa shape index (κ1) is 19.1. The minimum atomic E-state index is -0.0467. The minimum Gasteiger partial charge on any atom is -0.496 e. The molecule has 5 heteroatoms. The standard InChI is InChI=1S/C22H24N2O2S/c1-16-9-11-17(12-10-16)22(20-8-5-13-27-20)24-15-21(25)23-14-18-6-3-4-7-19(18)26-2/h3-13,22,24H,14-15H2,1-2H3,(H,23,25)/t22-/m0/s1. The number of hydrogen-bond acceptors (Lipinski definition) is 4. The van der Waals surface area contributed by atoms with E-state index in [2.05, 4.69) is 53.3 Å². The lowest BCUT2D eigenvalue weighted by Crippen LogP contribution is -2.35. The zero-order chi connectivity index (χ0) is 19.1. The summed E-state index contributed by atoms with van der Waals surface area (Å²) >= 11 is 1.69. The van der Waals surface area contributed by atoms with Gasteiger partial charge in [-0.15, -0.1) is 11.3 Å². The minimum absolute atomic E-state index is 0.00242. The van der Waals surface area contributed by atoms with Crippen molar-refractivity contribution in [3.05, 3.63) is 87.6 Å². The largest absolute Gasteiger partial charge is 0.496 e. The summed E-state index contributed by atoms with van der Waals surface area (Å²) in [6, 6.07) is 20.2. The monoisotopic (exact) mass is 380 g/mol. The van der Waals surface area contributed by atoms with Gasteiger partial charge < -0.3 is 10.1 Å². The molecular weight excluding hydrogens is 356 g/mol. The molecule has 0 radical (unpaired) electrons. The average Bonchev–Trinajstić information content (AvgIpc) is 3.22. The molecule has 0 aliphatic carbocycles. The van der Waals surface area contributed by atoms with E-state index in [1.807, 2.05) is 30.3 Å². The van der Waals surface area contributed by atoms with Crippen molar-refractivity contribution in [3.63, 3.8) is 0 Å². The quantitative estimate of drug-likeness (QED) is 0.620. The summed E-state index contributed by atoms with van der Waals surface area (Å²) < 4.78 is 5.33. The van der Waals surface area contributed by atoms with Gasteiger partial charge in [0.1, 0.15) is 5.75 Å². The molecule has 140 valence electrons. The zero-order valence-electron chi connectivity index (χ0n) is 15.6. The van der Waals surface area contributed by atoms with Crippen LogP contribution in [0.25, 0.3) is 0 Å². The lowest BCUT2D eigenvalue weighted by Gasteiger charge is -2.18. The molecule has 2 N–H and O–H groups in total. The highest BCUT2D eigenvalue weighted by Crippen LogP contribution is 2.26. The van der Waals surface area contributed by atoms with Crippen molar-refractivity contribution in [1.29, 1.82) is 0 Å². The van der Waals surface area contributed by atoms with Crippen molar-refractivity contribution < 1.29 is 9.53 Å². The van der Waals surface area contributed by atoms with Crippen LogP contribution in [0.5, 0.6) is 5.75 Å². The van der Waals surface area contributed by atoms with Crippen molar-refractivity contribution in [3.8, 4) is 5.75 Å². The first-order valence-electron chi connectivity index (χ1n) is 8.89. The number of carbonyl (C=O) groups excluding carboxylic acids is 1. The molecule has 0 aliphatic heterocycles. The average molecular weight is 381 g/mol. The van der Waals surface area contributed by atoms with E-state index in [0.29, 0.717) is 6.54 Å². The van der Waals surface area contributed by atoms with Gasteiger partial charge in [-0.1, -0.05) is 54.1 Å². The fourth-order valence-electron chi connectivity index (χ4n) is 2.90. The highest BCUT2D eigenvalue weighted by atomic mass is 32.1. The second-order valence-electron chi connectivity index (χ2n) is 6.33. The van der Waals surface area contributed by atoms with Crippen LogP contribution in [0.15, 0.2) is 66.0 Å². The van der Waals surface area contributed by atoms with E-state index in [1.54, 1.807) is 18.4 Å². The molecule has 3 aromatic rings. The second kappa shape index (κ2) is 9.35. The smallest absolute Gasteiger partial charge is 0.234 e. The number of para-hydroxylation sites is 1. The molecule has 3 rings (SSSR count). The van der Waals surface area contributed by atoms with Crippen molar-refractivity contribution >= 4 is 17.2 Å². The Kier molecular flexibility index (Phi) is 6.63. The van der Waals surface area contributed by atoms with Crippen molar-refractivity contribution in [2.45, 2.75) is 19.5 Å². The number of aryl methyl sites for hydroxylation is 1. The van der Waals surface area contributed by atoms with Gasteiger partial charge in [0.05, 0.1) is 19.7 Å². The van der Waals surface area contributed by atoms with Gasteiger partial charge in [-0.25, -0.2) is 0 Å². The van der Waals surface area contributed by atoms with Gasteiger partial charge >= 0.3 is 0 Å². The van der Waals surface area contributed by atoms with Crippen LogP contribution in [-0.4, -0.2) is 19.6 Å². The predicted octanol–water partition coefficient (Wildman–Crippen LogP) is 4.06. The molecule has 4 nitrogen and oxygen atoms in total. The fourth-order valence-corrected chi connectivity index (χ4v) is 3.72. The maximum Gasteiger partial charge on any atom is 0.234 e. The van der Waals surface area contributed by atoms with Crippen LogP contribution in [0.4, 0.5) is 0 Å². The number of nitrogens with one attached hydrogen (secondary N) is 2. The Morgan fingerprint density at radius 3 is 2.56 bits per heavy atom. The molecule has 2 aromatic carbocycles. The Morgan fingerprint density at radius 1 is 1.07 bits per heavy atom. The topological polar surface area (TPSA) is 50.4 Å². The summed E-state index contributed by atoms with van der Waals surface area (Å²) in [4.78, 5) is 13.6. The number of hydrogen-bond donors (Lipinski definition) is 2. The molecule has 0 bridgehead atoms. The Labute approximate surface area is 164 Å². The van der Waals surface area contributed by atoms with E-state index in [-0.39, 0.29) is 18.5 Å². The Bertz CT molecular complexity index is 860. The molecule has 1 heterocycles.